The summed E-state index contributed by atoms with van der Waals surface area (Å²) in [5, 5.41) is 0. The van der Waals surface area contributed by atoms with Gasteiger partial charge in [0.05, 0.1) is 48.1 Å². The molecule has 0 radical (unpaired) electrons. The number of likely N-dealkylation sites (tertiary alicyclic amines) is 2. The summed E-state index contributed by atoms with van der Waals surface area (Å²) in [7, 11) is 0. The van der Waals surface area contributed by atoms with Crippen LogP contribution in [-0.2, 0) is 28.7 Å². The molecule has 4 bridgehead atoms. The molecule has 0 unspecified atom stereocenters. The molecule has 4 amide bonds. The molecular weight excluding hydrogens is 440 g/mol. The maximum absolute atomic E-state index is 12.8. The van der Waals surface area contributed by atoms with Gasteiger partial charge in [0.1, 0.15) is 0 Å². The fourth-order valence-corrected chi connectivity index (χ4v) is 7.71. The summed E-state index contributed by atoms with van der Waals surface area (Å²) < 4.78 is 11.6. The van der Waals surface area contributed by atoms with E-state index in [1.165, 1.54) is 9.80 Å². The van der Waals surface area contributed by atoms with Crippen LogP contribution < -0.4 is 0 Å². The van der Waals surface area contributed by atoms with E-state index in [4.69, 9.17) is 9.47 Å². The van der Waals surface area contributed by atoms with Gasteiger partial charge in [0.2, 0.25) is 23.6 Å². The van der Waals surface area contributed by atoms with Crippen LogP contribution in [0.3, 0.4) is 0 Å². The number of hydrogen-bond donors (Lipinski definition) is 0. The van der Waals surface area contributed by atoms with Crippen molar-refractivity contribution in [2.45, 2.75) is 50.1 Å². The molecule has 10 nitrogen and oxygen atoms in total. The number of nitrogens with zero attached hydrogens (tertiary/aromatic N) is 4. The zero-order valence-electron chi connectivity index (χ0n) is 19.3. The number of carbonyl (C=O) groups is 4. The molecule has 0 aromatic heterocycles. The van der Waals surface area contributed by atoms with Crippen LogP contribution in [0.5, 0.6) is 0 Å². The second kappa shape index (κ2) is 7.81. The molecule has 0 aromatic carbocycles. The van der Waals surface area contributed by atoms with Gasteiger partial charge in [0, 0.05) is 52.4 Å². The van der Waals surface area contributed by atoms with Gasteiger partial charge in [0.25, 0.3) is 0 Å². The minimum Gasteiger partial charge on any atom is -0.373 e. The Labute approximate surface area is 198 Å². The summed E-state index contributed by atoms with van der Waals surface area (Å²) in [6, 6.07) is 0. The topological polar surface area (TPSA) is 99.7 Å². The Balaban J connectivity index is 0.876. The molecule has 7 aliphatic heterocycles. The summed E-state index contributed by atoms with van der Waals surface area (Å²) in [5.41, 5.74) is 0. The van der Waals surface area contributed by atoms with Crippen LogP contribution in [0, 0.1) is 23.7 Å². The second-order valence-electron chi connectivity index (χ2n) is 11.0. The number of hydrogen-bond acceptors (Lipinski definition) is 8. The van der Waals surface area contributed by atoms with Crippen LogP contribution >= 0.6 is 0 Å². The molecule has 0 saturated carbocycles. The smallest absolute Gasteiger partial charge is 0.235 e. The van der Waals surface area contributed by atoms with Crippen molar-refractivity contribution in [2.24, 2.45) is 23.7 Å². The fourth-order valence-electron chi connectivity index (χ4n) is 7.71. The maximum atomic E-state index is 12.8. The predicted molar refractivity (Wildman–Crippen MR) is 116 cm³/mol. The largest absolute Gasteiger partial charge is 0.373 e. The van der Waals surface area contributed by atoms with Crippen molar-refractivity contribution < 1.29 is 28.7 Å². The van der Waals surface area contributed by atoms with Gasteiger partial charge in [-0.05, 0) is 25.7 Å². The van der Waals surface area contributed by atoms with Gasteiger partial charge in [-0.1, -0.05) is 0 Å². The Bertz CT molecular complexity index is 804. The summed E-state index contributed by atoms with van der Waals surface area (Å²) in [6.45, 7) is 5.69. The number of piperazine rings is 1. The van der Waals surface area contributed by atoms with E-state index in [9.17, 15) is 19.2 Å². The van der Waals surface area contributed by atoms with Gasteiger partial charge >= 0.3 is 0 Å². The second-order valence-corrected chi connectivity index (χ2v) is 11.0. The first-order chi connectivity index (χ1) is 16.5. The standard InChI is InChI=1S/C24H32N4O6/c29-21-17-13-1-2-14(33-13)18(17)22(30)27(21)11-9-25-5-7-26(8-6-25)10-12-28-23(31)19-15-3-4-16(34-15)20(19)24(28)32/h13-20H,1-12H2/t13-,14-,15-,16-,17-,18-,19-,20-/m1/s1. The molecule has 7 saturated heterocycles. The van der Waals surface area contributed by atoms with Gasteiger partial charge in [-0.15, -0.1) is 0 Å². The molecule has 0 spiro atoms. The zero-order valence-corrected chi connectivity index (χ0v) is 19.3. The van der Waals surface area contributed by atoms with Crippen LogP contribution in [0.4, 0.5) is 0 Å². The molecule has 8 atom stereocenters. The average Bonchev–Trinajstić information content (AvgIpc) is 3.67. The van der Waals surface area contributed by atoms with E-state index in [0.29, 0.717) is 26.2 Å². The van der Waals surface area contributed by atoms with Crippen LogP contribution in [-0.4, -0.2) is 120 Å². The number of amides is 4. The summed E-state index contributed by atoms with van der Waals surface area (Å²) in [5.74, 6) is -1.15. The van der Waals surface area contributed by atoms with Crippen LogP contribution in [0.25, 0.3) is 0 Å². The normalized spacial score (nSPS) is 43.6. The SMILES string of the molecule is O=C1[C@H]2[C@H](C(=O)N1CCN1CCN(CCN3C(=O)[C@H]4[C@H](C3=O)[C@H]3CC[C@H]4O3)CC1)[C@H]1CC[C@H]2O1. The Morgan fingerprint density at radius 3 is 1.09 bits per heavy atom. The van der Waals surface area contributed by atoms with Crippen molar-refractivity contribution in [1.82, 2.24) is 19.6 Å². The molecular formula is C24H32N4O6. The Kier molecular flexibility index (Phi) is 4.92. The third kappa shape index (κ3) is 3.01. The first-order valence-electron chi connectivity index (χ1n) is 13.0. The van der Waals surface area contributed by atoms with Crippen LogP contribution in [0.1, 0.15) is 25.7 Å². The first-order valence-corrected chi connectivity index (χ1v) is 13.0. The number of carbonyl (C=O) groups excluding carboxylic acids is 4. The summed E-state index contributed by atoms with van der Waals surface area (Å²) in [6.07, 6.45) is 3.34. The summed E-state index contributed by atoms with van der Waals surface area (Å²) >= 11 is 0. The molecule has 7 rings (SSSR count). The molecule has 7 heterocycles. The fraction of sp³-hybridized carbons (Fsp3) is 0.833. The minimum atomic E-state index is -0.250. The van der Waals surface area contributed by atoms with Crippen molar-refractivity contribution >= 4 is 23.6 Å². The van der Waals surface area contributed by atoms with E-state index in [0.717, 1.165) is 51.9 Å². The Morgan fingerprint density at radius 2 is 0.794 bits per heavy atom. The maximum Gasteiger partial charge on any atom is 0.235 e. The lowest BCUT2D eigenvalue weighted by Crippen LogP contribution is -2.51. The van der Waals surface area contributed by atoms with E-state index < -0.39 is 0 Å². The number of fused-ring (bicyclic) bond motifs is 10. The van der Waals surface area contributed by atoms with Crippen LogP contribution in [0.2, 0.25) is 0 Å². The van der Waals surface area contributed by atoms with Gasteiger partial charge in [-0.25, -0.2) is 0 Å². The molecule has 7 fully saturated rings. The lowest BCUT2D eigenvalue weighted by Gasteiger charge is -2.35. The van der Waals surface area contributed by atoms with Crippen molar-refractivity contribution in [3.8, 4) is 0 Å². The Hall–Kier alpha value is -1.88. The number of rotatable bonds is 6. The van der Waals surface area contributed by atoms with Gasteiger partial charge in [-0.2, -0.15) is 0 Å². The highest BCUT2D eigenvalue weighted by Gasteiger charge is 2.63. The number of ether oxygens (including phenoxy) is 2. The highest BCUT2D eigenvalue weighted by atomic mass is 16.5. The van der Waals surface area contributed by atoms with Crippen molar-refractivity contribution in [2.75, 3.05) is 52.4 Å². The molecule has 0 aliphatic carbocycles. The monoisotopic (exact) mass is 472 g/mol. The van der Waals surface area contributed by atoms with E-state index in [2.05, 4.69) is 9.80 Å². The van der Waals surface area contributed by atoms with Crippen molar-refractivity contribution in [1.29, 1.82) is 0 Å². The van der Waals surface area contributed by atoms with Crippen LogP contribution in [0.15, 0.2) is 0 Å². The van der Waals surface area contributed by atoms with E-state index in [-0.39, 0.29) is 71.7 Å². The highest BCUT2D eigenvalue weighted by Crippen LogP contribution is 2.49. The van der Waals surface area contributed by atoms with E-state index in [1.807, 2.05) is 0 Å². The summed E-state index contributed by atoms with van der Waals surface area (Å²) in [4.78, 5) is 58.8. The molecule has 7 aliphatic rings. The van der Waals surface area contributed by atoms with E-state index in [1.54, 1.807) is 0 Å². The van der Waals surface area contributed by atoms with Gasteiger partial charge in [-0.3, -0.25) is 38.8 Å². The third-order valence-electron chi connectivity index (χ3n) is 9.50. The Morgan fingerprint density at radius 1 is 0.500 bits per heavy atom. The highest BCUT2D eigenvalue weighted by molar-refractivity contribution is 6.07. The molecule has 10 heteroatoms. The lowest BCUT2D eigenvalue weighted by atomic mass is 9.81. The molecule has 0 aromatic rings. The van der Waals surface area contributed by atoms with Crippen molar-refractivity contribution in [3.63, 3.8) is 0 Å². The first kappa shape index (κ1) is 21.4. The van der Waals surface area contributed by atoms with Crippen molar-refractivity contribution in [3.05, 3.63) is 0 Å². The zero-order chi connectivity index (χ0) is 23.1. The molecule has 184 valence electrons. The lowest BCUT2D eigenvalue weighted by molar-refractivity contribution is -0.144. The number of imide groups is 2. The minimum absolute atomic E-state index is 0.0376. The molecule has 0 N–H and O–H groups in total. The van der Waals surface area contributed by atoms with Gasteiger partial charge < -0.3 is 9.47 Å². The average molecular weight is 473 g/mol. The molecule has 34 heavy (non-hydrogen) atoms. The predicted octanol–water partition coefficient (Wildman–Crippen LogP) is -1.07. The van der Waals surface area contributed by atoms with Gasteiger partial charge in [0.15, 0.2) is 0 Å². The van der Waals surface area contributed by atoms with E-state index >= 15 is 0 Å². The third-order valence-corrected chi connectivity index (χ3v) is 9.50. The quantitative estimate of drug-likeness (QED) is 0.451.